The maximum absolute atomic E-state index is 8.65. The normalized spacial score (nSPS) is 12.7. The van der Waals surface area contributed by atoms with Crippen LogP contribution in [-0.2, 0) is 0 Å². The van der Waals surface area contributed by atoms with Crippen molar-refractivity contribution in [2.24, 2.45) is 16.3 Å². The molecule has 0 unspecified atom stereocenters. The van der Waals surface area contributed by atoms with Crippen LogP contribution >= 0.6 is 11.3 Å². The largest absolute Gasteiger partial charge is 0.409 e. The lowest BCUT2D eigenvalue weighted by Crippen LogP contribution is -2.31. The van der Waals surface area contributed by atoms with E-state index in [0.29, 0.717) is 5.84 Å². The fraction of sp³-hybridized carbons (Fsp3) is 0.583. The minimum Gasteiger partial charge on any atom is -0.409 e. The lowest BCUT2D eigenvalue weighted by molar-refractivity contribution is 0.304. The summed E-state index contributed by atoms with van der Waals surface area (Å²) in [6.07, 6.45) is 3.06. The van der Waals surface area contributed by atoms with Crippen molar-refractivity contribution in [2.45, 2.75) is 33.1 Å². The molecule has 96 valence electrons. The van der Waals surface area contributed by atoms with Crippen molar-refractivity contribution in [3.63, 3.8) is 0 Å². The molecule has 0 fully saturated rings. The quantitative estimate of drug-likeness (QED) is 0.230. The van der Waals surface area contributed by atoms with Crippen LogP contribution in [0.15, 0.2) is 22.0 Å². The lowest BCUT2D eigenvalue weighted by atomic mass is 9.86. The number of nitrogens with zero attached hydrogens (tertiary/aromatic N) is 1. The van der Waals surface area contributed by atoms with E-state index < -0.39 is 0 Å². The van der Waals surface area contributed by atoms with Gasteiger partial charge in [-0.2, -0.15) is 11.3 Å². The molecule has 5 heteroatoms. The molecule has 0 saturated carbocycles. The number of nitrogens with two attached hydrogens (primary N) is 1. The summed E-state index contributed by atoms with van der Waals surface area (Å²) in [6.45, 7) is 4.95. The van der Waals surface area contributed by atoms with Crippen LogP contribution in [-0.4, -0.2) is 17.6 Å². The Kier molecular flexibility index (Phi) is 5.28. The SMILES string of the molecule is CC(C)(CCCCNc1ccsc1)/C(N)=N/O. The minimum atomic E-state index is -0.225. The maximum Gasteiger partial charge on any atom is 0.144 e. The molecule has 0 saturated heterocycles. The Morgan fingerprint density at radius 1 is 1.53 bits per heavy atom. The highest BCUT2D eigenvalue weighted by Crippen LogP contribution is 2.23. The Bertz CT molecular complexity index is 347. The van der Waals surface area contributed by atoms with Crippen LogP contribution in [0.2, 0.25) is 0 Å². The minimum absolute atomic E-state index is 0.225. The number of unbranched alkanes of at least 4 members (excludes halogenated alkanes) is 1. The molecular formula is C12H21N3OS. The highest BCUT2D eigenvalue weighted by molar-refractivity contribution is 7.08. The third kappa shape index (κ3) is 4.65. The van der Waals surface area contributed by atoms with E-state index in [0.717, 1.165) is 25.8 Å². The summed E-state index contributed by atoms with van der Waals surface area (Å²) >= 11 is 1.69. The van der Waals surface area contributed by atoms with E-state index in [-0.39, 0.29) is 5.41 Å². The summed E-state index contributed by atoms with van der Waals surface area (Å²) in [6, 6.07) is 2.07. The summed E-state index contributed by atoms with van der Waals surface area (Å²) in [4.78, 5) is 0. The van der Waals surface area contributed by atoms with Crippen molar-refractivity contribution < 1.29 is 5.21 Å². The van der Waals surface area contributed by atoms with E-state index in [2.05, 4.69) is 27.3 Å². The van der Waals surface area contributed by atoms with Crippen LogP contribution < -0.4 is 11.1 Å². The second kappa shape index (κ2) is 6.49. The average Bonchev–Trinajstić information content (AvgIpc) is 2.80. The standard InChI is InChI=1S/C12H21N3OS/c1-12(2,11(13)15-16)6-3-4-7-14-10-5-8-17-9-10/h5,8-9,14,16H,3-4,6-7H2,1-2H3,(H2,13,15). The molecule has 1 heterocycles. The molecule has 0 aliphatic carbocycles. The zero-order valence-corrected chi connectivity index (χ0v) is 11.3. The molecule has 17 heavy (non-hydrogen) atoms. The molecular weight excluding hydrogens is 234 g/mol. The third-order valence-corrected chi connectivity index (χ3v) is 3.56. The van der Waals surface area contributed by atoms with Crippen molar-refractivity contribution in [2.75, 3.05) is 11.9 Å². The Hall–Kier alpha value is -1.23. The molecule has 4 nitrogen and oxygen atoms in total. The summed E-state index contributed by atoms with van der Waals surface area (Å²) < 4.78 is 0. The first-order valence-electron chi connectivity index (χ1n) is 5.80. The van der Waals surface area contributed by atoms with E-state index in [1.807, 2.05) is 13.8 Å². The predicted molar refractivity (Wildman–Crippen MR) is 73.8 cm³/mol. The van der Waals surface area contributed by atoms with Crippen molar-refractivity contribution in [3.05, 3.63) is 16.8 Å². The van der Waals surface area contributed by atoms with E-state index >= 15 is 0 Å². The van der Waals surface area contributed by atoms with Crippen LogP contribution in [0.1, 0.15) is 33.1 Å². The Labute approximate surface area is 107 Å². The van der Waals surface area contributed by atoms with E-state index in [1.54, 1.807) is 11.3 Å². The molecule has 0 amide bonds. The number of thiophene rings is 1. The van der Waals surface area contributed by atoms with Crippen LogP contribution in [0.5, 0.6) is 0 Å². The molecule has 4 N–H and O–H groups in total. The zero-order valence-electron chi connectivity index (χ0n) is 10.4. The van der Waals surface area contributed by atoms with Gasteiger partial charge in [0.05, 0.1) is 0 Å². The van der Waals surface area contributed by atoms with Crippen molar-refractivity contribution in [3.8, 4) is 0 Å². The molecule has 0 aromatic carbocycles. The monoisotopic (exact) mass is 255 g/mol. The molecule has 1 aromatic heterocycles. The molecule has 0 bridgehead atoms. The van der Waals surface area contributed by atoms with Gasteiger partial charge in [-0.1, -0.05) is 25.4 Å². The molecule has 1 aromatic rings. The summed E-state index contributed by atoms with van der Waals surface area (Å²) in [5.41, 5.74) is 6.59. The number of anilines is 1. The van der Waals surface area contributed by atoms with Crippen LogP contribution in [0.25, 0.3) is 0 Å². The summed E-state index contributed by atoms with van der Waals surface area (Å²) in [7, 11) is 0. The number of oxime groups is 1. The second-order valence-electron chi connectivity index (χ2n) is 4.77. The Morgan fingerprint density at radius 3 is 2.88 bits per heavy atom. The first kappa shape index (κ1) is 13.8. The lowest BCUT2D eigenvalue weighted by Gasteiger charge is -2.22. The predicted octanol–water partition coefficient (Wildman–Crippen LogP) is 3.10. The number of amidine groups is 1. The highest BCUT2D eigenvalue weighted by Gasteiger charge is 2.22. The molecule has 1 rings (SSSR count). The van der Waals surface area contributed by atoms with Gasteiger partial charge in [0.2, 0.25) is 0 Å². The molecule has 0 spiro atoms. The number of rotatable bonds is 7. The van der Waals surface area contributed by atoms with E-state index in [4.69, 9.17) is 10.9 Å². The van der Waals surface area contributed by atoms with Crippen molar-refractivity contribution >= 4 is 22.9 Å². The van der Waals surface area contributed by atoms with Crippen LogP contribution in [0.4, 0.5) is 5.69 Å². The van der Waals surface area contributed by atoms with Gasteiger partial charge >= 0.3 is 0 Å². The summed E-state index contributed by atoms with van der Waals surface area (Å²) in [5.74, 6) is 0.309. The smallest absolute Gasteiger partial charge is 0.144 e. The Balaban J connectivity index is 2.16. The highest BCUT2D eigenvalue weighted by atomic mass is 32.1. The van der Waals surface area contributed by atoms with Gasteiger partial charge in [0.15, 0.2) is 0 Å². The zero-order chi connectivity index (χ0) is 12.7. The number of nitrogens with one attached hydrogen (secondary N) is 1. The van der Waals surface area contributed by atoms with Crippen LogP contribution in [0.3, 0.4) is 0 Å². The molecule has 0 atom stereocenters. The first-order valence-corrected chi connectivity index (χ1v) is 6.74. The maximum atomic E-state index is 8.65. The van der Waals surface area contributed by atoms with Gasteiger partial charge in [-0.3, -0.25) is 0 Å². The van der Waals surface area contributed by atoms with Gasteiger partial charge in [-0.15, -0.1) is 0 Å². The van der Waals surface area contributed by atoms with Gasteiger partial charge in [0.1, 0.15) is 5.84 Å². The average molecular weight is 255 g/mol. The van der Waals surface area contributed by atoms with Gasteiger partial charge in [-0.05, 0) is 24.3 Å². The number of hydrogen-bond acceptors (Lipinski definition) is 4. The molecule has 0 aliphatic rings. The Morgan fingerprint density at radius 2 is 2.29 bits per heavy atom. The van der Waals surface area contributed by atoms with Crippen molar-refractivity contribution in [1.82, 2.24) is 0 Å². The van der Waals surface area contributed by atoms with Gasteiger partial charge in [-0.25, -0.2) is 0 Å². The number of hydrogen-bond donors (Lipinski definition) is 3. The van der Waals surface area contributed by atoms with Crippen molar-refractivity contribution in [1.29, 1.82) is 0 Å². The second-order valence-corrected chi connectivity index (χ2v) is 5.55. The fourth-order valence-corrected chi connectivity index (χ4v) is 2.17. The van der Waals surface area contributed by atoms with E-state index in [1.165, 1.54) is 5.69 Å². The fourth-order valence-electron chi connectivity index (χ4n) is 1.55. The molecule has 0 aliphatic heterocycles. The van der Waals surface area contributed by atoms with Crippen LogP contribution in [0, 0.1) is 5.41 Å². The first-order chi connectivity index (χ1) is 8.06. The van der Waals surface area contributed by atoms with Gasteiger partial charge in [0.25, 0.3) is 0 Å². The van der Waals surface area contributed by atoms with E-state index in [9.17, 15) is 0 Å². The summed E-state index contributed by atoms with van der Waals surface area (Å²) in [5, 5.41) is 19.2. The van der Waals surface area contributed by atoms with Gasteiger partial charge in [0, 0.05) is 23.0 Å². The topological polar surface area (TPSA) is 70.6 Å². The third-order valence-electron chi connectivity index (χ3n) is 2.88. The van der Waals surface area contributed by atoms with Gasteiger partial charge < -0.3 is 16.3 Å². The molecule has 0 radical (unpaired) electrons.